The maximum Gasteiger partial charge on any atom is 0.339 e. The second kappa shape index (κ2) is 5.09. The molecule has 1 heterocycles. The number of nitrogens with zero attached hydrogens (tertiary/aromatic N) is 2. The van der Waals surface area contributed by atoms with Crippen molar-refractivity contribution in [3.8, 4) is 0 Å². The molecule has 6 heteroatoms. The number of ether oxygens (including phenoxy) is 1. The van der Waals surface area contributed by atoms with Gasteiger partial charge < -0.3 is 15.2 Å². The molecule has 1 aliphatic rings. The maximum atomic E-state index is 11.0. The minimum atomic E-state index is -1.01. The van der Waals surface area contributed by atoms with Crippen LogP contribution in [0.3, 0.4) is 0 Å². The Labute approximate surface area is 99.0 Å². The van der Waals surface area contributed by atoms with Crippen LogP contribution < -0.4 is 5.32 Å². The number of nitrogens with one attached hydrogen (secondary N) is 1. The molecule has 0 amide bonds. The summed E-state index contributed by atoms with van der Waals surface area (Å²) < 4.78 is 5.34. The van der Waals surface area contributed by atoms with Crippen molar-refractivity contribution < 1.29 is 14.6 Å². The normalized spacial score (nSPS) is 23.6. The van der Waals surface area contributed by atoms with E-state index in [-0.39, 0.29) is 17.7 Å². The molecule has 6 nitrogen and oxygen atoms in total. The number of carboxylic acids is 1. The molecule has 17 heavy (non-hydrogen) atoms. The molecule has 2 rings (SSSR count). The van der Waals surface area contributed by atoms with Crippen LogP contribution >= 0.6 is 0 Å². The van der Waals surface area contributed by atoms with E-state index in [2.05, 4.69) is 15.5 Å². The number of anilines is 1. The van der Waals surface area contributed by atoms with Gasteiger partial charge in [0.05, 0.1) is 18.3 Å². The topological polar surface area (TPSA) is 84.3 Å². The Balaban J connectivity index is 2.15. The quantitative estimate of drug-likeness (QED) is 0.817. The van der Waals surface area contributed by atoms with Gasteiger partial charge in [-0.3, -0.25) is 0 Å². The molecule has 1 aliphatic carbocycles. The van der Waals surface area contributed by atoms with E-state index in [0.29, 0.717) is 5.82 Å². The van der Waals surface area contributed by atoms with E-state index in [1.165, 1.54) is 12.3 Å². The van der Waals surface area contributed by atoms with Gasteiger partial charge in [0.25, 0.3) is 0 Å². The van der Waals surface area contributed by atoms with E-state index in [0.717, 1.165) is 19.3 Å². The molecule has 1 aromatic heterocycles. The van der Waals surface area contributed by atoms with Gasteiger partial charge in [-0.15, -0.1) is 5.10 Å². The summed E-state index contributed by atoms with van der Waals surface area (Å²) in [5, 5.41) is 19.7. The van der Waals surface area contributed by atoms with Gasteiger partial charge in [-0.05, 0) is 25.3 Å². The van der Waals surface area contributed by atoms with Crippen molar-refractivity contribution in [3.05, 3.63) is 17.8 Å². The second-order valence-corrected chi connectivity index (χ2v) is 4.05. The third-order valence-electron chi connectivity index (χ3n) is 3.03. The van der Waals surface area contributed by atoms with E-state index in [1.54, 1.807) is 7.11 Å². The Morgan fingerprint density at radius 3 is 3.12 bits per heavy atom. The smallest absolute Gasteiger partial charge is 0.339 e. The maximum absolute atomic E-state index is 11.0. The first-order valence-electron chi connectivity index (χ1n) is 5.56. The minimum absolute atomic E-state index is 0.106. The van der Waals surface area contributed by atoms with Crippen molar-refractivity contribution in [1.82, 2.24) is 10.2 Å². The van der Waals surface area contributed by atoms with Crippen LogP contribution in [0.2, 0.25) is 0 Å². The largest absolute Gasteiger partial charge is 0.478 e. The zero-order chi connectivity index (χ0) is 12.3. The first-order valence-corrected chi connectivity index (χ1v) is 5.56. The van der Waals surface area contributed by atoms with Crippen molar-refractivity contribution in [2.24, 2.45) is 0 Å². The SMILES string of the molecule is COC1CCCC1Nc1nnccc1C(=O)O. The fraction of sp³-hybridized carbons (Fsp3) is 0.545. The molecule has 0 aliphatic heterocycles. The third kappa shape index (κ3) is 2.52. The standard InChI is InChI=1S/C11H15N3O3/c1-17-9-4-2-3-8(9)13-10-7(11(15)16)5-6-12-14-10/h5-6,8-9H,2-4H2,1H3,(H,13,14)(H,15,16). The molecule has 2 unspecified atom stereocenters. The van der Waals surface area contributed by atoms with Gasteiger partial charge in [0.15, 0.2) is 5.82 Å². The molecule has 1 aromatic rings. The summed E-state index contributed by atoms with van der Waals surface area (Å²) in [6.07, 6.45) is 4.49. The van der Waals surface area contributed by atoms with Crippen LogP contribution in [-0.4, -0.2) is 40.5 Å². The number of rotatable bonds is 4. The molecule has 0 aromatic carbocycles. The number of aromatic nitrogens is 2. The van der Waals surface area contributed by atoms with Gasteiger partial charge in [-0.2, -0.15) is 5.10 Å². The lowest BCUT2D eigenvalue weighted by Gasteiger charge is -2.20. The van der Waals surface area contributed by atoms with Gasteiger partial charge >= 0.3 is 5.97 Å². The monoisotopic (exact) mass is 237 g/mol. The summed E-state index contributed by atoms with van der Waals surface area (Å²) in [6.45, 7) is 0. The molecule has 0 bridgehead atoms. The summed E-state index contributed by atoms with van der Waals surface area (Å²) in [7, 11) is 1.67. The number of hydrogen-bond donors (Lipinski definition) is 2. The van der Waals surface area contributed by atoms with Gasteiger partial charge in [-0.1, -0.05) is 0 Å². The zero-order valence-corrected chi connectivity index (χ0v) is 9.59. The number of carbonyl (C=O) groups is 1. The number of hydrogen-bond acceptors (Lipinski definition) is 5. The van der Waals surface area contributed by atoms with E-state index in [9.17, 15) is 4.79 Å². The Hall–Kier alpha value is -1.69. The Morgan fingerprint density at radius 2 is 2.41 bits per heavy atom. The fourth-order valence-corrected chi connectivity index (χ4v) is 2.16. The number of aromatic carboxylic acids is 1. The van der Waals surface area contributed by atoms with Crippen LogP contribution in [0.5, 0.6) is 0 Å². The van der Waals surface area contributed by atoms with E-state index >= 15 is 0 Å². The van der Waals surface area contributed by atoms with Crippen molar-refractivity contribution >= 4 is 11.8 Å². The molecule has 0 saturated heterocycles. The molecule has 2 N–H and O–H groups in total. The molecular formula is C11H15N3O3. The van der Waals surface area contributed by atoms with E-state index in [4.69, 9.17) is 9.84 Å². The van der Waals surface area contributed by atoms with Crippen molar-refractivity contribution in [3.63, 3.8) is 0 Å². The third-order valence-corrected chi connectivity index (χ3v) is 3.03. The van der Waals surface area contributed by atoms with Crippen molar-refractivity contribution in [2.75, 3.05) is 12.4 Å². The van der Waals surface area contributed by atoms with E-state index < -0.39 is 5.97 Å². The van der Waals surface area contributed by atoms with Crippen LogP contribution in [0, 0.1) is 0 Å². The van der Waals surface area contributed by atoms with Crippen LogP contribution in [0.15, 0.2) is 12.3 Å². The zero-order valence-electron chi connectivity index (χ0n) is 9.59. The highest BCUT2D eigenvalue weighted by Crippen LogP contribution is 2.25. The lowest BCUT2D eigenvalue weighted by Crippen LogP contribution is -2.31. The molecular weight excluding hydrogens is 222 g/mol. The molecule has 0 spiro atoms. The summed E-state index contributed by atoms with van der Waals surface area (Å²) >= 11 is 0. The highest BCUT2D eigenvalue weighted by atomic mass is 16.5. The van der Waals surface area contributed by atoms with Crippen molar-refractivity contribution in [2.45, 2.75) is 31.4 Å². The van der Waals surface area contributed by atoms with Crippen molar-refractivity contribution in [1.29, 1.82) is 0 Å². The van der Waals surface area contributed by atoms with Gasteiger partial charge in [0.1, 0.15) is 5.56 Å². The molecule has 1 saturated carbocycles. The van der Waals surface area contributed by atoms with Crippen LogP contribution in [-0.2, 0) is 4.74 Å². The van der Waals surface area contributed by atoms with Gasteiger partial charge in [-0.25, -0.2) is 4.79 Å². The second-order valence-electron chi connectivity index (χ2n) is 4.05. The van der Waals surface area contributed by atoms with Gasteiger partial charge in [0.2, 0.25) is 0 Å². The Bertz CT molecular complexity index is 411. The predicted molar refractivity (Wildman–Crippen MR) is 61.1 cm³/mol. The average Bonchev–Trinajstić information content (AvgIpc) is 2.77. The first kappa shape index (κ1) is 11.8. The first-order chi connectivity index (χ1) is 8.22. The summed E-state index contributed by atoms with van der Waals surface area (Å²) in [5.41, 5.74) is 0.141. The lowest BCUT2D eigenvalue weighted by atomic mass is 10.2. The lowest BCUT2D eigenvalue weighted by molar-refractivity contribution is 0.0696. The van der Waals surface area contributed by atoms with Crippen LogP contribution in [0.4, 0.5) is 5.82 Å². The summed E-state index contributed by atoms with van der Waals surface area (Å²) in [4.78, 5) is 11.0. The van der Waals surface area contributed by atoms with Gasteiger partial charge in [0, 0.05) is 7.11 Å². The summed E-state index contributed by atoms with van der Waals surface area (Å²) in [5.74, 6) is -0.691. The Morgan fingerprint density at radius 1 is 1.59 bits per heavy atom. The Kier molecular flexibility index (Phi) is 3.53. The molecule has 0 radical (unpaired) electrons. The molecule has 2 atom stereocenters. The predicted octanol–water partition coefficient (Wildman–Crippen LogP) is 1.15. The number of carboxylic acid groups (broad SMARTS) is 1. The average molecular weight is 237 g/mol. The minimum Gasteiger partial charge on any atom is -0.478 e. The molecule has 1 fully saturated rings. The summed E-state index contributed by atoms with van der Waals surface area (Å²) in [6, 6.07) is 1.55. The highest BCUT2D eigenvalue weighted by Gasteiger charge is 2.28. The number of methoxy groups -OCH3 is 1. The van der Waals surface area contributed by atoms with Crippen LogP contribution in [0.25, 0.3) is 0 Å². The highest BCUT2D eigenvalue weighted by molar-refractivity contribution is 5.92. The van der Waals surface area contributed by atoms with Crippen LogP contribution in [0.1, 0.15) is 29.6 Å². The fourth-order valence-electron chi connectivity index (χ4n) is 2.16. The van der Waals surface area contributed by atoms with E-state index in [1.807, 2.05) is 0 Å². The molecule has 92 valence electrons.